The van der Waals surface area contributed by atoms with E-state index in [0.29, 0.717) is 12.5 Å². The van der Waals surface area contributed by atoms with Crippen molar-refractivity contribution >= 4 is 15.9 Å². The molecule has 0 bridgehead atoms. The Labute approximate surface area is 110 Å². The lowest BCUT2D eigenvalue weighted by Crippen LogP contribution is -1.97. The van der Waals surface area contributed by atoms with Crippen LogP contribution in [0.4, 0.5) is 0 Å². The Hall–Kier alpha value is -1.13. The molecule has 0 amide bonds. The van der Waals surface area contributed by atoms with Gasteiger partial charge in [0, 0.05) is 5.56 Å². The maximum absolute atomic E-state index is 5.56. The van der Waals surface area contributed by atoms with E-state index < -0.39 is 0 Å². The van der Waals surface area contributed by atoms with Crippen LogP contribution in [0.5, 0.6) is 0 Å². The molecule has 0 radical (unpaired) electrons. The Morgan fingerprint density at radius 3 is 2.41 bits per heavy atom. The van der Waals surface area contributed by atoms with E-state index in [1.165, 1.54) is 5.56 Å². The molecule has 2 aromatic rings. The summed E-state index contributed by atoms with van der Waals surface area (Å²) in [4.78, 5) is 7.56. The molecule has 1 aromatic carbocycles. The summed E-state index contributed by atoms with van der Waals surface area (Å²) in [6.45, 7) is 4.79. The summed E-state index contributed by atoms with van der Waals surface area (Å²) in [5.74, 6) is 1.34. The number of aromatic amines is 1. The molecule has 3 N–H and O–H groups in total. The van der Waals surface area contributed by atoms with Crippen molar-refractivity contribution in [2.45, 2.75) is 26.3 Å². The minimum Gasteiger partial charge on any atom is -0.335 e. The summed E-state index contributed by atoms with van der Waals surface area (Å²) in [7, 11) is 0. The van der Waals surface area contributed by atoms with Gasteiger partial charge in [-0.2, -0.15) is 0 Å². The average Bonchev–Trinajstić information content (AvgIpc) is 2.71. The molecule has 0 spiro atoms. The van der Waals surface area contributed by atoms with Gasteiger partial charge in [0.1, 0.15) is 16.1 Å². The Bertz CT molecular complexity index is 500. The van der Waals surface area contributed by atoms with Crippen molar-refractivity contribution in [3.8, 4) is 11.3 Å². The summed E-state index contributed by atoms with van der Waals surface area (Å²) in [5, 5.41) is 0. The molecule has 0 atom stereocenters. The summed E-state index contributed by atoms with van der Waals surface area (Å²) in [6, 6.07) is 8.47. The van der Waals surface area contributed by atoms with Crippen LogP contribution in [-0.4, -0.2) is 9.97 Å². The molecule has 0 saturated carbocycles. The Balaban J connectivity index is 2.36. The lowest BCUT2D eigenvalue weighted by molar-refractivity contribution is 0.867. The Morgan fingerprint density at radius 2 is 1.94 bits per heavy atom. The zero-order valence-electron chi connectivity index (χ0n) is 10.00. The average molecular weight is 294 g/mol. The van der Waals surface area contributed by atoms with Gasteiger partial charge in [-0.1, -0.05) is 38.1 Å². The summed E-state index contributed by atoms with van der Waals surface area (Å²) in [6.07, 6.45) is 0. The number of halogens is 1. The monoisotopic (exact) mass is 293 g/mol. The predicted octanol–water partition coefficient (Wildman–Crippen LogP) is 3.42. The molecule has 1 aromatic heterocycles. The second-order valence-corrected chi connectivity index (χ2v) is 5.12. The van der Waals surface area contributed by atoms with Crippen LogP contribution in [0.2, 0.25) is 0 Å². The van der Waals surface area contributed by atoms with E-state index in [0.717, 1.165) is 21.7 Å². The van der Waals surface area contributed by atoms with E-state index >= 15 is 0 Å². The smallest absolute Gasteiger partial charge is 0.121 e. The van der Waals surface area contributed by atoms with Crippen LogP contribution in [0, 0.1) is 0 Å². The van der Waals surface area contributed by atoms with Crippen LogP contribution in [0.15, 0.2) is 28.9 Å². The van der Waals surface area contributed by atoms with E-state index in [1.807, 2.05) is 0 Å². The first-order valence-corrected chi connectivity index (χ1v) is 6.46. The van der Waals surface area contributed by atoms with Crippen molar-refractivity contribution < 1.29 is 0 Å². The molecule has 90 valence electrons. The number of imidazole rings is 1. The number of hydrogen-bond acceptors (Lipinski definition) is 2. The highest BCUT2D eigenvalue weighted by atomic mass is 79.9. The van der Waals surface area contributed by atoms with E-state index in [9.17, 15) is 0 Å². The fourth-order valence-electron chi connectivity index (χ4n) is 1.71. The van der Waals surface area contributed by atoms with E-state index in [4.69, 9.17) is 5.73 Å². The van der Waals surface area contributed by atoms with E-state index in [1.54, 1.807) is 0 Å². The topological polar surface area (TPSA) is 54.7 Å². The quantitative estimate of drug-likeness (QED) is 0.911. The molecular weight excluding hydrogens is 278 g/mol. The molecular formula is C13H16BrN3. The van der Waals surface area contributed by atoms with Gasteiger partial charge >= 0.3 is 0 Å². The van der Waals surface area contributed by atoms with Crippen molar-refractivity contribution in [2.75, 3.05) is 0 Å². The fourth-order valence-corrected chi connectivity index (χ4v) is 2.26. The van der Waals surface area contributed by atoms with Crippen LogP contribution in [0.3, 0.4) is 0 Å². The van der Waals surface area contributed by atoms with Gasteiger partial charge in [0.25, 0.3) is 0 Å². The standard InChI is InChI=1S/C13H16BrN3/c1-8(2)9-3-5-10(6-4-9)12-13(14)17-11(7-15)16-12/h3-6,8H,7,15H2,1-2H3,(H,16,17). The van der Waals surface area contributed by atoms with Crippen molar-refractivity contribution in [2.24, 2.45) is 5.73 Å². The van der Waals surface area contributed by atoms with Gasteiger partial charge in [0.15, 0.2) is 0 Å². The number of nitrogens with zero attached hydrogens (tertiary/aromatic N) is 1. The van der Waals surface area contributed by atoms with Gasteiger partial charge in [-0.05, 0) is 27.4 Å². The van der Waals surface area contributed by atoms with Crippen LogP contribution in [-0.2, 0) is 6.54 Å². The van der Waals surface area contributed by atoms with Gasteiger partial charge < -0.3 is 10.7 Å². The predicted molar refractivity (Wildman–Crippen MR) is 73.7 cm³/mol. The minimum atomic E-state index is 0.419. The van der Waals surface area contributed by atoms with Gasteiger partial charge in [0.05, 0.1) is 6.54 Å². The van der Waals surface area contributed by atoms with E-state index in [2.05, 4.69) is 64.0 Å². The Kier molecular flexibility index (Phi) is 3.64. The molecule has 0 aliphatic heterocycles. The van der Waals surface area contributed by atoms with Gasteiger partial charge in [-0.15, -0.1) is 0 Å². The highest BCUT2D eigenvalue weighted by Crippen LogP contribution is 2.27. The van der Waals surface area contributed by atoms with Crippen LogP contribution in [0.25, 0.3) is 11.3 Å². The highest BCUT2D eigenvalue weighted by Gasteiger charge is 2.09. The number of nitrogens with one attached hydrogen (secondary N) is 1. The number of rotatable bonds is 3. The van der Waals surface area contributed by atoms with Crippen LogP contribution >= 0.6 is 15.9 Å². The third kappa shape index (κ3) is 2.58. The molecule has 0 unspecified atom stereocenters. The normalized spacial score (nSPS) is 11.1. The van der Waals surface area contributed by atoms with Crippen molar-refractivity contribution in [3.05, 3.63) is 40.3 Å². The number of benzene rings is 1. The summed E-state index contributed by atoms with van der Waals surface area (Å²) >= 11 is 3.47. The lowest BCUT2D eigenvalue weighted by Gasteiger charge is -2.05. The van der Waals surface area contributed by atoms with Crippen LogP contribution < -0.4 is 5.73 Å². The fraction of sp³-hybridized carbons (Fsp3) is 0.308. The second-order valence-electron chi connectivity index (χ2n) is 4.33. The number of H-pyrrole nitrogens is 1. The molecule has 0 saturated heterocycles. The number of hydrogen-bond donors (Lipinski definition) is 2. The maximum atomic E-state index is 5.56. The second kappa shape index (κ2) is 5.02. The first-order valence-electron chi connectivity index (χ1n) is 5.66. The van der Waals surface area contributed by atoms with Crippen LogP contribution in [0.1, 0.15) is 31.2 Å². The lowest BCUT2D eigenvalue weighted by atomic mass is 10.0. The molecule has 0 fully saturated rings. The van der Waals surface area contributed by atoms with Crippen molar-refractivity contribution in [1.82, 2.24) is 9.97 Å². The summed E-state index contributed by atoms with van der Waals surface area (Å²) in [5.41, 5.74) is 8.90. The molecule has 4 heteroatoms. The Morgan fingerprint density at radius 1 is 1.29 bits per heavy atom. The highest BCUT2D eigenvalue weighted by molar-refractivity contribution is 9.10. The molecule has 0 aliphatic rings. The third-order valence-corrected chi connectivity index (χ3v) is 3.33. The van der Waals surface area contributed by atoms with E-state index in [-0.39, 0.29) is 0 Å². The molecule has 1 heterocycles. The first kappa shape index (κ1) is 12.3. The molecule has 3 nitrogen and oxygen atoms in total. The van der Waals surface area contributed by atoms with Crippen molar-refractivity contribution in [3.63, 3.8) is 0 Å². The SMILES string of the molecule is CC(C)c1ccc(-c2nc(CN)[nH]c2Br)cc1. The zero-order chi connectivity index (χ0) is 12.4. The third-order valence-electron chi connectivity index (χ3n) is 2.75. The number of aromatic nitrogens is 2. The molecule has 17 heavy (non-hydrogen) atoms. The summed E-state index contributed by atoms with van der Waals surface area (Å²) < 4.78 is 0.884. The van der Waals surface area contributed by atoms with Crippen molar-refractivity contribution in [1.29, 1.82) is 0 Å². The molecule has 2 rings (SSSR count). The van der Waals surface area contributed by atoms with Gasteiger partial charge in [0.2, 0.25) is 0 Å². The maximum Gasteiger partial charge on any atom is 0.121 e. The largest absolute Gasteiger partial charge is 0.335 e. The minimum absolute atomic E-state index is 0.419. The molecule has 0 aliphatic carbocycles. The number of nitrogens with two attached hydrogens (primary N) is 1. The first-order chi connectivity index (χ1) is 8.11. The van der Waals surface area contributed by atoms with Gasteiger partial charge in [-0.3, -0.25) is 0 Å². The zero-order valence-corrected chi connectivity index (χ0v) is 11.6. The van der Waals surface area contributed by atoms with Gasteiger partial charge in [-0.25, -0.2) is 4.98 Å².